The second kappa shape index (κ2) is 9.99. The van der Waals surface area contributed by atoms with Gasteiger partial charge in [0, 0.05) is 11.6 Å². The standard InChI is InChI=1S/C25H20N4O3/c30-24(15-14-19-16-26-21-11-5-6-12-22(21)27-19)28-29-25(31)17-32-23-13-7-4-10-20(23)18-8-2-1-3-9-18/h1-16H,17H2,(H,28,30)(H,29,31)/b15-14+. The van der Waals surface area contributed by atoms with Gasteiger partial charge in [-0.25, -0.2) is 4.98 Å². The number of hydrazine groups is 1. The Hall–Kier alpha value is -4.52. The van der Waals surface area contributed by atoms with Crippen molar-refractivity contribution in [3.05, 3.63) is 96.8 Å². The van der Waals surface area contributed by atoms with Crippen LogP contribution in [0.25, 0.3) is 28.2 Å². The molecular formula is C25H20N4O3. The van der Waals surface area contributed by atoms with Gasteiger partial charge in [-0.3, -0.25) is 25.4 Å². The highest BCUT2D eigenvalue weighted by Crippen LogP contribution is 2.29. The molecule has 0 atom stereocenters. The van der Waals surface area contributed by atoms with Crippen molar-refractivity contribution in [3.63, 3.8) is 0 Å². The number of hydrogen-bond acceptors (Lipinski definition) is 5. The number of fused-ring (bicyclic) bond motifs is 1. The largest absolute Gasteiger partial charge is 0.483 e. The van der Waals surface area contributed by atoms with Crippen LogP contribution in [0.1, 0.15) is 5.69 Å². The molecule has 158 valence electrons. The third-order valence-electron chi connectivity index (χ3n) is 4.53. The van der Waals surface area contributed by atoms with Gasteiger partial charge in [-0.1, -0.05) is 60.7 Å². The number of ether oxygens (including phenoxy) is 1. The zero-order chi connectivity index (χ0) is 22.2. The van der Waals surface area contributed by atoms with Crippen molar-refractivity contribution in [3.8, 4) is 16.9 Å². The predicted octanol–water partition coefficient (Wildman–Crippen LogP) is 3.54. The number of aromatic nitrogens is 2. The second-order valence-corrected chi connectivity index (χ2v) is 6.81. The number of carbonyl (C=O) groups is 2. The fraction of sp³-hybridized carbons (Fsp3) is 0.0400. The molecule has 7 nitrogen and oxygen atoms in total. The fourth-order valence-corrected chi connectivity index (χ4v) is 3.01. The Balaban J connectivity index is 1.29. The molecule has 1 heterocycles. The number of rotatable bonds is 6. The molecule has 2 amide bonds. The Bertz CT molecular complexity index is 1270. The van der Waals surface area contributed by atoms with Gasteiger partial charge in [-0.05, 0) is 29.8 Å². The average Bonchev–Trinajstić information content (AvgIpc) is 2.85. The maximum atomic E-state index is 12.1. The Morgan fingerprint density at radius 2 is 1.56 bits per heavy atom. The minimum absolute atomic E-state index is 0.246. The van der Waals surface area contributed by atoms with Crippen molar-refractivity contribution in [2.45, 2.75) is 0 Å². The summed E-state index contributed by atoms with van der Waals surface area (Å²) in [6.07, 6.45) is 4.36. The van der Waals surface area contributed by atoms with E-state index in [4.69, 9.17) is 4.74 Å². The highest BCUT2D eigenvalue weighted by atomic mass is 16.5. The van der Waals surface area contributed by atoms with E-state index in [9.17, 15) is 9.59 Å². The van der Waals surface area contributed by atoms with E-state index in [1.807, 2.05) is 72.8 Å². The summed E-state index contributed by atoms with van der Waals surface area (Å²) >= 11 is 0. The Labute approximate surface area is 184 Å². The molecule has 0 unspecified atom stereocenters. The summed E-state index contributed by atoms with van der Waals surface area (Å²) in [6.45, 7) is -0.246. The van der Waals surface area contributed by atoms with E-state index >= 15 is 0 Å². The summed E-state index contributed by atoms with van der Waals surface area (Å²) in [4.78, 5) is 32.8. The van der Waals surface area contributed by atoms with Crippen LogP contribution in [0.5, 0.6) is 5.75 Å². The molecule has 0 fully saturated rings. The Morgan fingerprint density at radius 3 is 2.41 bits per heavy atom. The lowest BCUT2D eigenvalue weighted by molar-refractivity contribution is -0.128. The number of para-hydroxylation sites is 3. The highest BCUT2D eigenvalue weighted by Gasteiger charge is 2.08. The summed E-state index contributed by atoms with van der Waals surface area (Å²) in [6, 6.07) is 24.6. The van der Waals surface area contributed by atoms with Crippen LogP contribution in [-0.2, 0) is 9.59 Å². The molecular weight excluding hydrogens is 404 g/mol. The molecule has 0 radical (unpaired) electrons. The molecule has 0 spiro atoms. The fourth-order valence-electron chi connectivity index (χ4n) is 3.01. The van der Waals surface area contributed by atoms with Gasteiger partial charge < -0.3 is 4.74 Å². The van der Waals surface area contributed by atoms with E-state index in [0.717, 1.165) is 22.2 Å². The number of nitrogens with zero attached hydrogens (tertiary/aromatic N) is 2. The number of nitrogens with one attached hydrogen (secondary N) is 2. The van der Waals surface area contributed by atoms with Gasteiger partial charge in [0.15, 0.2) is 6.61 Å². The first-order valence-corrected chi connectivity index (χ1v) is 9.95. The lowest BCUT2D eigenvalue weighted by atomic mass is 10.1. The zero-order valence-electron chi connectivity index (χ0n) is 17.1. The van der Waals surface area contributed by atoms with Gasteiger partial charge >= 0.3 is 0 Å². The van der Waals surface area contributed by atoms with Crippen LogP contribution in [0.2, 0.25) is 0 Å². The molecule has 0 saturated heterocycles. The van der Waals surface area contributed by atoms with Crippen LogP contribution in [-0.4, -0.2) is 28.4 Å². The lowest BCUT2D eigenvalue weighted by Crippen LogP contribution is -2.43. The van der Waals surface area contributed by atoms with E-state index in [2.05, 4.69) is 20.8 Å². The van der Waals surface area contributed by atoms with Gasteiger partial charge in [0.1, 0.15) is 5.75 Å². The topological polar surface area (TPSA) is 93.2 Å². The molecule has 0 aliphatic carbocycles. The van der Waals surface area contributed by atoms with E-state index in [1.165, 1.54) is 12.2 Å². The van der Waals surface area contributed by atoms with Crippen LogP contribution >= 0.6 is 0 Å². The summed E-state index contributed by atoms with van der Waals surface area (Å²) < 4.78 is 5.66. The van der Waals surface area contributed by atoms with Crippen LogP contribution in [0.15, 0.2) is 91.1 Å². The first-order valence-electron chi connectivity index (χ1n) is 9.95. The minimum atomic E-state index is -0.502. The molecule has 7 heteroatoms. The third-order valence-corrected chi connectivity index (χ3v) is 4.53. The molecule has 0 aliphatic rings. The van der Waals surface area contributed by atoms with E-state index < -0.39 is 11.8 Å². The summed E-state index contributed by atoms with van der Waals surface area (Å²) in [5.41, 5.74) is 8.55. The van der Waals surface area contributed by atoms with Gasteiger partial charge in [0.2, 0.25) is 0 Å². The third kappa shape index (κ3) is 5.34. The predicted molar refractivity (Wildman–Crippen MR) is 122 cm³/mol. The molecule has 0 bridgehead atoms. The molecule has 3 aromatic carbocycles. The van der Waals surface area contributed by atoms with Crippen LogP contribution in [0, 0.1) is 0 Å². The summed E-state index contributed by atoms with van der Waals surface area (Å²) in [5.74, 6) is -0.409. The number of amides is 2. The molecule has 0 aliphatic heterocycles. The number of hydrogen-bond donors (Lipinski definition) is 2. The van der Waals surface area contributed by atoms with Gasteiger partial charge in [0.25, 0.3) is 11.8 Å². The monoisotopic (exact) mass is 424 g/mol. The average molecular weight is 424 g/mol. The van der Waals surface area contributed by atoms with Crippen molar-refractivity contribution >= 4 is 28.9 Å². The molecule has 1 aromatic heterocycles. The van der Waals surface area contributed by atoms with Crippen molar-refractivity contribution in [2.24, 2.45) is 0 Å². The molecule has 4 rings (SSSR count). The van der Waals surface area contributed by atoms with Crippen molar-refractivity contribution in [1.82, 2.24) is 20.8 Å². The smallest absolute Gasteiger partial charge is 0.276 e. The number of carbonyl (C=O) groups excluding carboxylic acids is 2. The van der Waals surface area contributed by atoms with Crippen molar-refractivity contribution in [1.29, 1.82) is 0 Å². The first kappa shape index (κ1) is 20.7. The maximum Gasteiger partial charge on any atom is 0.276 e. The normalized spacial score (nSPS) is 10.8. The highest BCUT2D eigenvalue weighted by molar-refractivity contribution is 5.93. The second-order valence-electron chi connectivity index (χ2n) is 6.81. The van der Waals surface area contributed by atoms with Gasteiger partial charge in [0.05, 0.1) is 22.9 Å². The Morgan fingerprint density at radius 1 is 0.844 bits per heavy atom. The zero-order valence-corrected chi connectivity index (χ0v) is 17.1. The van der Waals surface area contributed by atoms with Crippen LogP contribution < -0.4 is 15.6 Å². The van der Waals surface area contributed by atoms with Gasteiger partial charge in [-0.2, -0.15) is 0 Å². The lowest BCUT2D eigenvalue weighted by Gasteiger charge is -2.11. The summed E-state index contributed by atoms with van der Waals surface area (Å²) in [7, 11) is 0. The number of benzene rings is 3. The molecule has 0 saturated carbocycles. The van der Waals surface area contributed by atoms with E-state index in [1.54, 1.807) is 12.3 Å². The SMILES string of the molecule is O=C(/C=C/c1cnc2ccccc2n1)NNC(=O)COc1ccccc1-c1ccccc1. The van der Waals surface area contributed by atoms with E-state index in [-0.39, 0.29) is 6.61 Å². The molecule has 2 N–H and O–H groups in total. The van der Waals surface area contributed by atoms with Crippen molar-refractivity contribution < 1.29 is 14.3 Å². The maximum absolute atomic E-state index is 12.1. The van der Waals surface area contributed by atoms with Gasteiger partial charge in [-0.15, -0.1) is 0 Å². The first-order chi connectivity index (χ1) is 15.7. The minimum Gasteiger partial charge on any atom is -0.483 e. The molecule has 32 heavy (non-hydrogen) atoms. The van der Waals surface area contributed by atoms with Crippen LogP contribution in [0.3, 0.4) is 0 Å². The van der Waals surface area contributed by atoms with Crippen LogP contribution in [0.4, 0.5) is 0 Å². The summed E-state index contributed by atoms with van der Waals surface area (Å²) in [5, 5.41) is 0. The Kier molecular flexibility index (Phi) is 6.48. The van der Waals surface area contributed by atoms with Crippen molar-refractivity contribution in [2.75, 3.05) is 6.61 Å². The quantitative estimate of drug-likeness (QED) is 0.365. The molecule has 4 aromatic rings. The van der Waals surface area contributed by atoms with E-state index in [0.29, 0.717) is 11.4 Å².